The quantitative estimate of drug-likeness (QED) is 0.589. The van der Waals surface area contributed by atoms with Crippen LogP contribution in [0.25, 0.3) is 11.1 Å². The Labute approximate surface area is 182 Å². The lowest BCUT2D eigenvalue weighted by atomic mass is 9.82. The van der Waals surface area contributed by atoms with E-state index in [1.807, 2.05) is 30.3 Å². The monoisotopic (exact) mass is 438 g/mol. The Kier molecular flexibility index (Phi) is 5.52. The minimum absolute atomic E-state index is 0.0221. The topological polar surface area (TPSA) is 94.1 Å². The summed E-state index contributed by atoms with van der Waals surface area (Å²) in [6, 6.07) is 19.0. The van der Waals surface area contributed by atoms with E-state index in [4.69, 9.17) is 10.5 Å². The van der Waals surface area contributed by atoms with Gasteiger partial charge in [0.25, 0.3) is 6.02 Å². The van der Waals surface area contributed by atoms with Crippen LogP contribution in [0.1, 0.15) is 27.0 Å². The lowest BCUT2D eigenvalue weighted by Crippen LogP contribution is -2.27. The highest BCUT2D eigenvalue weighted by molar-refractivity contribution is 5.89. The molecule has 0 spiro atoms. The SMILES string of the molecule is Cc1cc(C2(c3cccc(-c4cccc(C(=O)O)c4)c3)COC(N)=N2)ccc1OC(F)F. The second-order valence-corrected chi connectivity index (χ2v) is 7.42. The van der Waals surface area contributed by atoms with Crippen LogP contribution in [0.15, 0.2) is 71.7 Å². The summed E-state index contributed by atoms with van der Waals surface area (Å²) in [7, 11) is 0. The minimum atomic E-state index is -2.92. The number of hydrogen-bond donors (Lipinski definition) is 2. The van der Waals surface area contributed by atoms with Crippen LogP contribution in [0, 0.1) is 6.92 Å². The zero-order valence-corrected chi connectivity index (χ0v) is 17.1. The van der Waals surface area contributed by atoms with E-state index in [1.54, 1.807) is 31.2 Å². The number of carbonyl (C=O) groups is 1. The molecule has 8 heteroatoms. The van der Waals surface area contributed by atoms with E-state index in [0.717, 1.165) is 16.7 Å². The van der Waals surface area contributed by atoms with Gasteiger partial charge in [-0.1, -0.05) is 36.4 Å². The molecule has 0 radical (unpaired) electrons. The minimum Gasteiger partial charge on any atom is -0.478 e. The van der Waals surface area contributed by atoms with Gasteiger partial charge in [0.1, 0.15) is 12.4 Å². The number of amidine groups is 1. The molecular weight excluding hydrogens is 418 g/mol. The number of carboxylic acids is 1. The largest absolute Gasteiger partial charge is 0.478 e. The Morgan fingerprint density at radius 2 is 1.78 bits per heavy atom. The number of aromatic carboxylic acids is 1. The Balaban J connectivity index is 1.80. The molecule has 1 aliphatic heterocycles. The van der Waals surface area contributed by atoms with Crippen LogP contribution in [0.2, 0.25) is 0 Å². The van der Waals surface area contributed by atoms with Crippen LogP contribution < -0.4 is 10.5 Å². The third kappa shape index (κ3) is 3.99. The molecule has 32 heavy (non-hydrogen) atoms. The van der Waals surface area contributed by atoms with Crippen LogP contribution >= 0.6 is 0 Å². The second kappa shape index (κ2) is 8.30. The molecule has 0 fully saturated rings. The summed E-state index contributed by atoms with van der Waals surface area (Å²) < 4.78 is 35.4. The van der Waals surface area contributed by atoms with Gasteiger partial charge in [-0.25, -0.2) is 9.79 Å². The number of halogens is 2. The zero-order chi connectivity index (χ0) is 22.9. The average molecular weight is 438 g/mol. The van der Waals surface area contributed by atoms with Crippen molar-refractivity contribution < 1.29 is 28.2 Å². The van der Waals surface area contributed by atoms with E-state index in [1.165, 1.54) is 12.1 Å². The molecule has 3 N–H and O–H groups in total. The zero-order valence-electron chi connectivity index (χ0n) is 17.1. The van der Waals surface area contributed by atoms with Crippen LogP contribution in [-0.2, 0) is 10.3 Å². The third-order valence-electron chi connectivity index (χ3n) is 5.38. The average Bonchev–Trinajstić information content (AvgIpc) is 3.18. The normalized spacial score (nSPS) is 17.7. The number of ether oxygens (including phenoxy) is 2. The summed E-state index contributed by atoms with van der Waals surface area (Å²) in [5.74, 6) is -0.934. The first-order valence-corrected chi connectivity index (χ1v) is 9.77. The summed E-state index contributed by atoms with van der Waals surface area (Å²) >= 11 is 0. The highest BCUT2D eigenvalue weighted by Gasteiger charge is 2.40. The van der Waals surface area contributed by atoms with Crippen molar-refractivity contribution >= 4 is 12.0 Å². The van der Waals surface area contributed by atoms with Crippen molar-refractivity contribution in [1.82, 2.24) is 0 Å². The first-order valence-electron chi connectivity index (χ1n) is 9.77. The van der Waals surface area contributed by atoms with Crippen molar-refractivity contribution in [3.63, 3.8) is 0 Å². The fourth-order valence-electron chi connectivity index (χ4n) is 3.82. The molecule has 0 bridgehead atoms. The van der Waals surface area contributed by atoms with Crippen molar-refractivity contribution in [3.05, 3.63) is 89.0 Å². The molecular formula is C24H20F2N2O4. The number of rotatable bonds is 6. The van der Waals surface area contributed by atoms with Crippen molar-refractivity contribution in [1.29, 1.82) is 0 Å². The number of benzene rings is 3. The van der Waals surface area contributed by atoms with Crippen LogP contribution in [0.5, 0.6) is 5.75 Å². The van der Waals surface area contributed by atoms with Gasteiger partial charge in [0, 0.05) is 0 Å². The number of nitrogens with zero attached hydrogens (tertiary/aromatic N) is 1. The van der Waals surface area contributed by atoms with Gasteiger partial charge in [-0.2, -0.15) is 8.78 Å². The Morgan fingerprint density at radius 1 is 1.09 bits per heavy atom. The van der Waals surface area contributed by atoms with E-state index in [9.17, 15) is 18.7 Å². The fraction of sp³-hybridized carbons (Fsp3) is 0.167. The summed E-state index contributed by atoms with van der Waals surface area (Å²) in [5.41, 5.74) is 8.56. The lowest BCUT2D eigenvalue weighted by Gasteiger charge is -2.26. The van der Waals surface area contributed by atoms with Crippen LogP contribution in [0.3, 0.4) is 0 Å². The number of aliphatic imine (C=N–C) groups is 1. The molecule has 0 aromatic heterocycles. The number of carboxylic acid groups (broad SMARTS) is 1. The summed E-state index contributed by atoms with van der Waals surface area (Å²) in [6.07, 6.45) is 0. The van der Waals surface area contributed by atoms with Gasteiger partial charge in [-0.05, 0) is 65.1 Å². The third-order valence-corrected chi connectivity index (χ3v) is 5.38. The van der Waals surface area contributed by atoms with Crippen molar-refractivity contribution in [2.75, 3.05) is 6.61 Å². The lowest BCUT2D eigenvalue weighted by molar-refractivity contribution is -0.0503. The van der Waals surface area contributed by atoms with Gasteiger partial charge in [-0.3, -0.25) is 0 Å². The van der Waals surface area contributed by atoms with Gasteiger partial charge in [0.2, 0.25) is 0 Å². The Bertz CT molecular complexity index is 1210. The number of hydrogen-bond acceptors (Lipinski definition) is 5. The van der Waals surface area contributed by atoms with Gasteiger partial charge in [0.15, 0.2) is 5.54 Å². The molecule has 0 saturated heterocycles. The maximum absolute atomic E-state index is 12.7. The van der Waals surface area contributed by atoms with E-state index in [-0.39, 0.29) is 23.9 Å². The summed E-state index contributed by atoms with van der Waals surface area (Å²) in [5, 5.41) is 9.30. The Hall–Kier alpha value is -3.94. The predicted octanol–water partition coefficient (Wildman–Crippen LogP) is 4.55. The maximum Gasteiger partial charge on any atom is 0.387 e. The molecule has 1 atom stereocenters. The predicted molar refractivity (Wildman–Crippen MR) is 115 cm³/mol. The molecule has 0 amide bonds. The van der Waals surface area contributed by atoms with Crippen LogP contribution in [0.4, 0.5) is 8.78 Å². The van der Waals surface area contributed by atoms with Gasteiger partial charge in [-0.15, -0.1) is 0 Å². The molecule has 4 rings (SSSR count). The molecule has 1 unspecified atom stereocenters. The fourth-order valence-corrected chi connectivity index (χ4v) is 3.82. The molecule has 164 valence electrons. The number of aryl methyl sites for hydroxylation is 1. The van der Waals surface area contributed by atoms with Crippen molar-refractivity contribution in [2.24, 2.45) is 10.7 Å². The molecule has 3 aromatic carbocycles. The molecule has 0 saturated carbocycles. The van der Waals surface area contributed by atoms with E-state index in [2.05, 4.69) is 9.73 Å². The van der Waals surface area contributed by atoms with Crippen molar-refractivity contribution in [2.45, 2.75) is 19.1 Å². The highest BCUT2D eigenvalue weighted by Crippen LogP contribution is 2.40. The molecule has 1 heterocycles. The number of alkyl halides is 2. The smallest absolute Gasteiger partial charge is 0.387 e. The van der Waals surface area contributed by atoms with Crippen molar-refractivity contribution in [3.8, 4) is 16.9 Å². The second-order valence-electron chi connectivity index (χ2n) is 7.42. The van der Waals surface area contributed by atoms with Gasteiger partial charge >= 0.3 is 12.6 Å². The summed E-state index contributed by atoms with van der Waals surface area (Å²) in [6.45, 7) is -1.12. The van der Waals surface area contributed by atoms with E-state index >= 15 is 0 Å². The Morgan fingerprint density at radius 3 is 2.41 bits per heavy atom. The van der Waals surface area contributed by atoms with Gasteiger partial charge < -0.3 is 20.3 Å². The maximum atomic E-state index is 12.7. The highest BCUT2D eigenvalue weighted by atomic mass is 19.3. The first-order chi connectivity index (χ1) is 15.3. The van der Waals surface area contributed by atoms with E-state index < -0.39 is 18.1 Å². The first kappa shape index (κ1) is 21.3. The molecule has 3 aromatic rings. The molecule has 0 aliphatic carbocycles. The van der Waals surface area contributed by atoms with Crippen LogP contribution in [-0.4, -0.2) is 30.3 Å². The summed E-state index contributed by atoms with van der Waals surface area (Å²) in [4.78, 5) is 15.9. The van der Waals surface area contributed by atoms with E-state index in [0.29, 0.717) is 11.1 Å². The molecule has 6 nitrogen and oxygen atoms in total. The standard InChI is InChI=1S/C24H20F2N2O4/c1-14-10-19(8-9-20(14)32-22(25)26)24(13-31-23(27)28-24)18-7-3-5-16(12-18)15-4-2-6-17(11-15)21(29)30/h2-12,22H,13H2,1H3,(H2,27,28)(H,29,30). The van der Waals surface area contributed by atoms with Gasteiger partial charge in [0.05, 0.1) is 5.56 Å². The number of nitrogens with two attached hydrogens (primary N) is 1. The molecule has 1 aliphatic rings.